The van der Waals surface area contributed by atoms with Gasteiger partial charge in [-0.15, -0.1) is 0 Å². The van der Waals surface area contributed by atoms with E-state index in [2.05, 4.69) is 19.7 Å². The molecule has 0 spiro atoms. The van der Waals surface area contributed by atoms with Gasteiger partial charge in [0.2, 0.25) is 0 Å². The van der Waals surface area contributed by atoms with E-state index >= 15 is 0 Å². The highest BCUT2D eigenvalue weighted by Gasteiger charge is 2.11. The van der Waals surface area contributed by atoms with Gasteiger partial charge in [0.1, 0.15) is 0 Å². The van der Waals surface area contributed by atoms with Gasteiger partial charge in [0.15, 0.2) is 11.0 Å². The van der Waals surface area contributed by atoms with E-state index in [1.807, 2.05) is 0 Å². The minimum absolute atomic E-state index is 0.319. The summed E-state index contributed by atoms with van der Waals surface area (Å²) in [6.45, 7) is 0. The molecule has 0 aliphatic heterocycles. The zero-order valence-corrected chi connectivity index (χ0v) is 8.17. The lowest BCUT2D eigenvalue weighted by molar-refractivity contribution is 0.315. The first kappa shape index (κ1) is 9.38. The lowest BCUT2D eigenvalue weighted by Gasteiger charge is -2.00. The Hall–Kier alpha value is -1.18. The summed E-state index contributed by atoms with van der Waals surface area (Å²) in [7, 11) is 0. The lowest BCUT2D eigenvalue weighted by atomic mass is 10.3. The molecule has 0 bridgehead atoms. The van der Waals surface area contributed by atoms with E-state index in [0.29, 0.717) is 21.7 Å². The maximum atomic E-state index is 10.5. The fraction of sp³-hybridized carbons (Fsp3) is 0. The van der Waals surface area contributed by atoms with Crippen LogP contribution >= 0.6 is 11.6 Å². The summed E-state index contributed by atoms with van der Waals surface area (Å²) in [6.07, 6.45) is 0. The minimum Gasteiger partial charge on any atom is -0.289 e. The van der Waals surface area contributed by atoms with Crippen molar-refractivity contribution in [1.82, 2.24) is 10.3 Å². The van der Waals surface area contributed by atoms with Crippen molar-refractivity contribution < 1.29 is 13.4 Å². The normalized spacial score (nSPS) is 13.0. The van der Waals surface area contributed by atoms with Crippen LogP contribution in [0.15, 0.2) is 16.8 Å². The summed E-state index contributed by atoms with van der Waals surface area (Å²) in [5.41, 5.74) is 1.01. The quantitative estimate of drug-likeness (QED) is 0.766. The number of nitrogens with one attached hydrogen (secondary N) is 1. The van der Waals surface area contributed by atoms with E-state index in [9.17, 15) is 4.21 Å². The van der Waals surface area contributed by atoms with Gasteiger partial charge in [-0.3, -0.25) is 9.27 Å². The highest BCUT2D eigenvalue weighted by Crippen LogP contribution is 2.26. The second kappa shape index (κ2) is 3.52. The number of hydrogen-bond acceptors (Lipinski definition) is 4. The summed E-state index contributed by atoms with van der Waals surface area (Å²) in [4.78, 5) is 0. The van der Waals surface area contributed by atoms with E-state index in [1.54, 1.807) is 0 Å². The number of anilines is 1. The Morgan fingerprint density at radius 2 is 2.14 bits per heavy atom. The van der Waals surface area contributed by atoms with Crippen molar-refractivity contribution in [3.05, 3.63) is 17.2 Å². The van der Waals surface area contributed by atoms with Gasteiger partial charge < -0.3 is 0 Å². The molecule has 0 saturated heterocycles. The third-order valence-electron chi connectivity index (χ3n) is 1.56. The molecule has 2 N–H and O–H groups in total. The van der Waals surface area contributed by atoms with Gasteiger partial charge in [-0.05, 0) is 22.4 Å². The molecule has 1 heterocycles. The average molecular weight is 234 g/mol. The Morgan fingerprint density at radius 1 is 1.43 bits per heavy atom. The average Bonchev–Trinajstić information content (AvgIpc) is 2.58. The smallest absolute Gasteiger partial charge is 0.259 e. The monoisotopic (exact) mass is 233 g/mol. The molecule has 0 radical (unpaired) electrons. The van der Waals surface area contributed by atoms with Crippen LogP contribution in [-0.4, -0.2) is 19.1 Å². The summed E-state index contributed by atoms with van der Waals surface area (Å²) < 4.78 is 25.9. The summed E-state index contributed by atoms with van der Waals surface area (Å²) in [5, 5.41) is 7.47. The van der Waals surface area contributed by atoms with Gasteiger partial charge in [-0.2, -0.15) is 0 Å². The number of rotatable bonds is 2. The van der Waals surface area contributed by atoms with Crippen LogP contribution in [0.5, 0.6) is 0 Å². The van der Waals surface area contributed by atoms with Crippen LogP contribution in [0, 0.1) is 0 Å². The predicted molar refractivity (Wildman–Crippen MR) is 51.2 cm³/mol. The molecule has 0 saturated carbocycles. The van der Waals surface area contributed by atoms with Gasteiger partial charge in [0.05, 0.1) is 10.7 Å². The SMILES string of the molecule is O=S(O)Nc1ccc(Cl)c2nonc12. The zero-order chi connectivity index (χ0) is 10.1. The van der Waals surface area contributed by atoms with Crippen molar-refractivity contribution in [2.45, 2.75) is 0 Å². The summed E-state index contributed by atoms with van der Waals surface area (Å²) in [5.74, 6) is 0. The highest BCUT2D eigenvalue weighted by atomic mass is 35.5. The Bertz CT molecular complexity index is 500. The van der Waals surface area contributed by atoms with Crippen molar-refractivity contribution >= 4 is 39.6 Å². The van der Waals surface area contributed by atoms with Crippen molar-refractivity contribution in [2.75, 3.05) is 4.72 Å². The third-order valence-corrected chi connectivity index (χ3v) is 2.26. The maximum Gasteiger partial charge on any atom is 0.259 e. The number of aromatic nitrogens is 2. The first-order chi connectivity index (χ1) is 6.68. The fourth-order valence-electron chi connectivity index (χ4n) is 1.01. The van der Waals surface area contributed by atoms with Crippen LogP contribution in [0.25, 0.3) is 11.0 Å². The molecule has 0 fully saturated rings. The maximum absolute atomic E-state index is 10.5. The van der Waals surface area contributed by atoms with E-state index in [4.69, 9.17) is 16.2 Å². The fourth-order valence-corrected chi connectivity index (χ4v) is 1.55. The molecular formula is C6H4ClN3O3S. The first-order valence-corrected chi connectivity index (χ1v) is 4.95. The molecule has 1 atom stereocenters. The summed E-state index contributed by atoms with van der Waals surface area (Å²) in [6, 6.07) is 3.05. The molecule has 14 heavy (non-hydrogen) atoms. The lowest BCUT2D eigenvalue weighted by Crippen LogP contribution is -2.02. The topological polar surface area (TPSA) is 88.2 Å². The van der Waals surface area contributed by atoms with Crippen LogP contribution in [0.4, 0.5) is 5.69 Å². The molecule has 1 aromatic heterocycles. The summed E-state index contributed by atoms with van der Waals surface area (Å²) >= 11 is 3.61. The number of fused-ring (bicyclic) bond motifs is 1. The second-order valence-corrected chi connectivity index (χ2v) is 3.52. The van der Waals surface area contributed by atoms with Crippen molar-refractivity contribution in [1.29, 1.82) is 0 Å². The third kappa shape index (κ3) is 1.57. The molecule has 8 heteroatoms. The van der Waals surface area contributed by atoms with Crippen LogP contribution in [0.2, 0.25) is 5.02 Å². The molecule has 1 aromatic carbocycles. The Morgan fingerprint density at radius 3 is 2.86 bits per heavy atom. The Balaban J connectivity index is 2.60. The van der Waals surface area contributed by atoms with E-state index in [0.717, 1.165) is 0 Å². The van der Waals surface area contributed by atoms with Gasteiger partial charge in [-0.25, -0.2) is 8.84 Å². The molecular weight excluding hydrogens is 230 g/mol. The van der Waals surface area contributed by atoms with Gasteiger partial charge in [0.25, 0.3) is 11.3 Å². The number of hydrogen-bond donors (Lipinski definition) is 2. The molecule has 0 aliphatic carbocycles. The van der Waals surface area contributed by atoms with Gasteiger partial charge >= 0.3 is 0 Å². The highest BCUT2D eigenvalue weighted by molar-refractivity contribution is 7.80. The Labute approximate surface area is 85.6 Å². The molecule has 0 amide bonds. The van der Waals surface area contributed by atoms with E-state index < -0.39 is 11.3 Å². The van der Waals surface area contributed by atoms with Crippen LogP contribution in [-0.2, 0) is 11.3 Å². The zero-order valence-electron chi connectivity index (χ0n) is 6.60. The van der Waals surface area contributed by atoms with E-state index in [-0.39, 0.29) is 0 Å². The largest absolute Gasteiger partial charge is 0.289 e. The standard InChI is InChI=1S/C6H4ClN3O3S/c7-3-1-2-4(10-14(11)12)6-5(3)8-13-9-6/h1-2,10H,(H,11,12). The molecule has 1 unspecified atom stereocenters. The number of halogens is 1. The van der Waals surface area contributed by atoms with Gasteiger partial charge in [0, 0.05) is 0 Å². The number of nitrogens with zero attached hydrogens (tertiary/aromatic N) is 2. The minimum atomic E-state index is -2.17. The van der Waals surface area contributed by atoms with Crippen molar-refractivity contribution in [2.24, 2.45) is 0 Å². The van der Waals surface area contributed by atoms with Crippen LogP contribution < -0.4 is 4.72 Å². The first-order valence-electron chi connectivity index (χ1n) is 3.47. The number of benzene rings is 1. The molecule has 6 nitrogen and oxygen atoms in total. The van der Waals surface area contributed by atoms with Crippen LogP contribution in [0.3, 0.4) is 0 Å². The molecule has 2 rings (SSSR count). The van der Waals surface area contributed by atoms with E-state index in [1.165, 1.54) is 12.1 Å². The van der Waals surface area contributed by atoms with Crippen molar-refractivity contribution in [3.63, 3.8) is 0 Å². The molecule has 74 valence electrons. The molecule has 2 aromatic rings. The van der Waals surface area contributed by atoms with Gasteiger partial charge in [-0.1, -0.05) is 11.6 Å². The second-order valence-electron chi connectivity index (χ2n) is 2.41. The van der Waals surface area contributed by atoms with Crippen molar-refractivity contribution in [3.8, 4) is 0 Å². The molecule has 0 aliphatic rings. The Kier molecular flexibility index (Phi) is 2.36. The van der Waals surface area contributed by atoms with Crippen LogP contribution in [0.1, 0.15) is 0 Å². The predicted octanol–water partition coefficient (Wildman–Crippen LogP) is 1.42.